The molecule has 3 rings (SSSR count). The Bertz CT molecular complexity index is 560. The lowest BCUT2D eigenvalue weighted by Crippen LogP contribution is -2.51. The third-order valence-corrected chi connectivity index (χ3v) is 5.88. The van der Waals surface area contributed by atoms with E-state index in [-0.39, 0.29) is 23.7 Å². The number of hydrogen-bond donors (Lipinski definition) is 1. The van der Waals surface area contributed by atoms with Crippen LogP contribution in [0.25, 0.3) is 0 Å². The highest BCUT2D eigenvalue weighted by Crippen LogP contribution is 2.24. The number of carbonyl (C=O) groups excluding carboxylic acids is 2. The van der Waals surface area contributed by atoms with Crippen LogP contribution < -0.4 is 0 Å². The summed E-state index contributed by atoms with van der Waals surface area (Å²) in [6, 6.07) is 3.71. The van der Waals surface area contributed by atoms with Crippen LogP contribution in [-0.4, -0.2) is 59.0 Å². The molecule has 0 radical (unpaired) electrons. The maximum atomic E-state index is 12.7. The summed E-state index contributed by atoms with van der Waals surface area (Å²) < 4.78 is 0. The molecule has 2 amide bonds. The standard InChI is InChI=1S/C17H24N2O3S/c1-12-6-8-19(11-14(12)20)16(21)13-4-2-7-18(10-13)17(22)15-5-3-9-23-15/h3,5,9,12-14,20H,2,4,6-8,10-11H2,1H3. The van der Waals surface area contributed by atoms with Crippen molar-refractivity contribution in [2.45, 2.75) is 32.3 Å². The SMILES string of the molecule is CC1CCN(C(=O)C2CCCN(C(=O)c3cccs3)C2)CC1O. The number of amides is 2. The predicted octanol–water partition coefficient (Wildman–Crippen LogP) is 1.83. The van der Waals surface area contributed by atoms with Crippen LogP contribution in [0.1, 0.15) is 35.9 Å². The van der Waals surface area contributed by atoms with E-state index < -0.39 is 6.10 Å². The van der Waals surface area contributed by atoms with E-state index in [1.807, 2.05) is 24.4 Å². The zero-order chi connectivity index (χ0) is 16.4. The molecule has 1 N–H and O–H groups in total. The van der Waals surface area contributed by atoms with Gasteiger partial charge in [0.1, 0.15) is 0 Å². The Balaban J connectivity index is 1.62. The Morgan fingerprint density at radius 2 is 2.04 bits per heavy atom. The Morgan fingerprint density at radius 3 is 2.74 bits per heavy atom. The van der Waals surface area contributed by atoms with Crippen molar-refractivity contribution < 1.29 is 14.7 Å². The van der Waals surface area contributed by atoms with Crippen LogP contribution in [0.4, 0.5) is 0 Å². The van der Waals surface area contributed by atoms with Gasteiger partial charge < -0.3 is 14.9 Å². The van der Waals surface area contributed by atoms with Gasteiger partial charge in [-0.05, 0) is 36.6 Å². The minimum absolute atomic E-state index is 0.0322. The molecule has 0 spiro atoms. The molecule has 3 heterocycles. The van der Waals surface area contributed by atoms with Gasteiger partial charge >= 0.3 is 0 Å². The summed E-state index contributed by atoms with van der Waals surface area (Å²) in [5, 5.41) is 11.9. The number of aliphatic hydroxyl groups excluding tert-OH is 1. The third kappa shape index (κ3) is 3.58. The van der Waals surface area contributed by atoms with Crippen LogP contribution in [0.3, 0.4) is 0 Å². The highest BCUT2D eigenvalue weighted by Gasteiger charge is 2.34. The van der Waals surface area contributed by atoms with E-state index in [4.69, 9.17) is 0 Å². The second-order valence-corrected chi connectivity index (χ2v) is 7.63. The highest BCUT2D eigenvalue weighted by molar-refractivity contribution is 7.12. The minimum Gasteiger partial charge on any atom is -0.391 e. The molecule has 0 aromatic carbocycles. The van der Waals surface area contributed by atoms with Crippen molar-refractivity contribution in [2.75, 3.05) is 26.2 Å². The van der Waals surface area contributed by atoms with Gasteiger partial charge in [0, 0.05) is 26.2 Å². The zero-order valence-corrected chi connectivity index (χ0v) is 14.3. The fourth-order valence-electron chi connectivity index (χ4n) is 3.43. The van der Waals surface area contributed by atoms with E-state index in [0.29, 0.717) is 19.6 Å². The van der Waals surface area contributed by atoms with Gasteiger partial charge in [-0.3, -0.25) is 9.59 Å². The van der Waals surface area contributed by atoms with Crippen LogP contribution in [0.5, 0.6) is 0 Å². The Hall–Kier alpha value is -1.40. The van der Waals surface area contributed by atoms with Gasteiger partial charge in [-0.15, -0.1) is 11.3 Å². The molecular formula is C17H24N2O3S. The number of aliphatic hydroxyl groups is 1. The molecule has 3 unspecified atom stereocenters. The summed E-state index contributed by atoms with van der Waals surface area (Å²) in [4.78, 5) is 29.5. The number of rotatable bonds is 2. The topological polar surface area (TPSA) is 60.9 Å². The van der Waals surface area contributed by atoms with Crippen molar-refractivity contribution in [1.29, 1.82) is 0 Å². The van der Waals surface area contributed by atoms with Gasteiger partial charge in [0.15, 0.2) is 0 Å². The van der Waals surface area contributed by atoms with E-state index in [1.54, 1.807) is 9.80 Å². The normalized spacial score (nSPS) is 28.7. The van der Waals surface area contributed by atoms with E-state index in [0.717, 1.165) is 30.7 Å². The summed E-state index contributed by atoms with van der Waals surface area (Å²) in [5.74, 6) is 0.250. The first-order chi connectivity index (χ1) is 11.1. The summed E-state index contributed by atoms with van der Waals surface area (Å²) in [6.45, 7) is 4.38. The number of thiophene rings is 1. The maximum absolute atomic E-state index is 12.7. The Labute approximate surface area is 140 Å². The van der Waals surface area contributed by atoms with Gasteiger partial charge in [0.25, 0.3) is 5.91 Å². The number of nitrogens with zero attached hydrogens (tertiary/aromatic N) is 2. The summed E-state index contributed by atoms with van der Waals surface area (Å²) in [7, 11) is 0. The number of carbonyl (C=O) groups is 2. The van der Waals surface area contributed by atoms with Crippen LogP contribution in [0.2, 0.25) is 0 Å². The average molecular weight is 336 g/mol. The van der Waals surface area contributed by atoms with E-state index in [1.165, 1.54) is 11.3 Å². The Morgan fingerprint density at radius 1 is 1.22 bits per heavy atom. The number of likely N-dealkylation sites (tertiary alicyclic amines) is 2. The summed E-state index contributed by atoms with van der Waals surface area (Å²) in [6.07, 6.45) is 2.10. The monoisotopic (exact) mass is 336 g/mol. The van der Waals surface area contributed by atoms with Crippen molar-refractivity contribution in [3.05, 3.63) is 22.4 Å². The lowest BCUT2D eigenvalue weighted by atomic mass is 9.92. The van der Waals surface area contributed by atoms with Crippen LogP contribution in [0, 0.1) is 11.8 Å². The fraction of sp³-hybridized carbons (Fsp3) is 0.647. The highest BCUT2D eigenvalue weighted by atomic mass is 32.1. The van der Waals surface area contributed by atoms with Crippen molar-refractivity contribution in [2.24, 2.45) is 11.8 Å². The first-order valence-corrected chi connectivity index (χ1v) is 9.24. The van der Waals surface area contributed by atoms with Gasteiger partial charge in [-0.25, -0.2) is 0 Å². The summed E-state index contributed by atoms with van der Waals surface area (Å²) >= 11 is 1.44. The van der Waals surface area contributed by atoms with Gasteiger partial charge in [0.2, 0.25) is 5.91 Å². The van der Waals surface area contributed by atoms with Gasteiger partial charge in [-0.2, -0.15) is 0 Å². The molecule has 2 fully saturated rings. The van der Waals surface area contributed by atoms with Gasteiger partial charge in [-0.1, -0.05) is 13.0 Å². The lowest BCUT2D eigenvalue weighted by molar-refractivity contribution is -0.141. The molecule has 0 aliphatic carbocycles. The van der Waals surface area contributed by atoms with E-state index in [2.05, 4.69) is 0 Å². The zero-order valence-electron chi connectivity index (χ0n) is 13.5. The first-order valence-electron chi connectivity index (χ1n) is 8.36. The van der Waals surface area contributed by atoms with Crippen molar-refractivity contribution in [3.63, 3.8) is 0 Å². The molecule has 5 nitrogen and oxygen atoms in total. The first kappa shape index (κ1) is 16.5. The van der Waals surface area contributed by atoms with Gasteiger partial charge in [0.05, 0.1) is 16.9 Å². The molecule has 1 aromatic rings. The smallest absolute Gasteiger partial charge is 0.263 e. The fourth-order valence-corrected chi connectivity index (χ4v) is 4.12. The lowest BCUT2D eigenvalue weighted by Gasteiger charge is -2.39. The molecule has 2 aliphatic heterocycles. The van der Waals surface area contributed by atoms with Crippen molar-refractivity contribution >= 4 is 23.2 Å². The van der Waals surface area contributed by atoms with Crippen LogP contribution in [0.15, 0.2) is 17.5 Å². The number of piperidine rings is 2. The van der Waals surface area contributed by atoms with E-state index >= 15 is 0 Å². The Kier molecular flexibility index (Phi) is 5.02. The molecule has 0 bridgehead atoms. The number of hydrogen-bond acceptors (Lipinski definition) is 4. The third-order valence-electron chi connectivity index (χ3n) is 5.02. The maximum Gasteiger partial charge on any atom is 0.263 e. The molecule has 2 aliphatic rings. The number of β-amino-alcohol motifs (C(OH)–C–C–N with tert-alkyl or cyclic N) is 1. The predicted molar refractivity (Wildman–Crippen MR) is 89.3 cm³/mol. The van der Waals surface area contributed by atoms with Crippen molar-refractivity contribution in [3.8, 4) is 0 Å². The van der Waals surface area contributed by atoms with Crippen LogP contribution >= 0.6 is 11.3 Å². The average Bonchev–Trinajstić information content (AvgIpc) is 3.10. The molecule has 2 saturated heterocycles. The molecule has 6 heteroatoms. The van der Waals surface area contributed by atoms with Crippen molar-refractivity contribution in [1.82, 2.24) is 9.80 Å². The molecule has 0 saturated carbocycles. The largest absolute Gasteiger partial charge is 0.391 e. The molecule has 23 heavy (non-hydrogen) atoms. The molecule has 126 valence electrons. The quantitative estimate of drug-likeness (QED) is 0.896. The molecule has 3 atom stereocenters. The summed E-state index contributed by atoms with van der Waals surface area (Å²) in [5.41, 5.74) is 0. The second-order valence-electron chi connectivity index (χ2n) is 6.69. The molecular weight excluding hydrogens is 312 g/mol. The minimum atomic E-state index is -0.430. The molecule has 1 aromatic heterocycles. The van der Waals surface area contributed by atoms with Crippen LogP contribution in [-0.2, 0) is 4.79 Å². The van der Waals surface area contributed by atoms with E-state index in [9.17, 15) is 14.7 Å². The second kappa shape index (κ2) is 7.01.